The van der Waals surface area contributed by atoms with Crippen LogP contribution in [0.3, 0.4) is 0 Å². The van der Waals surface area contributed by atoms with Gasteiger partial charge in [0, 0.05) is 17.8 Å². The molecule has 0 radical (unpaired) electrons. The average molecular weight is 224 g/mol. The molecule has 2 N–H and O–H groups in total. The summed E-state index contributed by atoms with van der Waals surface area (Å²) < 4.78 is 5.06. The van der Waals surface area contributed by atoms with Gasteiger partial charge in [-0.15, -0.1) is 0 Å². The van der Waals surface area contributed by atoms with E-state index < -0.39 is 11.7 Å². The zero-order chi connectivity index (χ0) is 12.3. The lowest BCUT2D eigenvalue weighted by Crippen LogP contribution is -2.28. The number of carbonyl (C=O) groups is 1. The van der Waals surface area contributed by atoms with Gasteiger partial charge in [-0.25, -0.2) is 4.79 Å². The molecule has 1 amide bonds. The Hall–Kier alpha value is -1.78. The number of hydrogen-bond acceptors (Lipinski definition) is 3. The maximum atomic E-state index is 11.4. The van der Waals surface area contributed by atoms with E-state index in [1.165, 1.54) is 12.3 Å². The number of aromatic amines is 1. The van der Waals surface area contributed by atoms with Crippen molar-refractivity contribution in [3.05, 3.63) is 28.0 Å². The topological polar surface area (TPSA) is 71.2 Å². The van der Waals surface area contributed by atoms with Crippen LogP contribution in [0.5, 0.6) is 0 Å². The molecule has 0 saturated carbocycles. The molecule has 5 nitrogen and oxygen atoms in total. The molecule has 0 atom stereocenters. The Kier molecular flexibility index (Phi) is 3.37. The van der Waals surface area contributed by atoms with Gasteiger partial charge in [0.2, 0.25) is 0 Å². The van der Waals surface area contributed by atoms with Crippen molar-refractivity contribution in [3.63, 3.8) is 0 Å². The molecule has 0 saturated heterocycles. The Balaban J connectivity index is 2.78. The Morgan fingerprint density at radius 3 is 2.62 bits per heavy atom. The molecule has 0 aromatic carbocycles. The molecule has 0 unspecified atom stereocenters. The molecule has 0 spiro atoms. The van der Waals surface area contributed by atoms with E-state index >= 15 is 0 Å². The molecule has 1 aromatic rings. The van der Waals surface area contributed by atoms with E-state index in [1.54, 1.807) is 27.7 Å². The minimum Gasteiger partial charge on any atom is -0.444 e. The summed E-state index contributed by atoms with van der Waals surface area (Å²) in [6.45, 7) is 6.94. The third kappa shape index (κ3) is 3.42. The zero-order valence-electron chi connectivity index (χ0n) is 9.88. The van der Waals surface area contributed by atoms with Crippen molar-refractivity contribution in [2.24, 2.45) is 0 Å². The lowest BCUT2D eigenvalue weighted by Gasteiger charge is -2.19. The van der Waals surface area contributed by atoms with Crippen LogP contribution in [0.15, 0.2) is 17.1 Å². The van der Waals surface area contributed by atoms with Gasteiger partial charge in [-0.05, 0) is 27.7 Å². The van der Waals surface area contributed by atoms with Crippen LogP contribution in [0.1, 0.15) is 26.3 Å². The minimum atomic E-state index is -0.586. The van der Waals surface area contributed by atoms with E-state index in [-0.39, 0.29) is 5.43 Å². The number of ether oxygens (including phenoxy) is 1. The largest absolute Gasteiger partial charge is 0.444 e. The highest BCUT2D eigenvalue weighted by atomic mass is 16.6. The number of hydrogen-bond donors (Lipinski definition) is 2. The maximum absolute atomic E-state index is 11.4. The second-order valence-corrected chi connectivity index (χ2v) is 4.47. The van der Waals surface area contributed by atoms with Gasteiger partial charge < -0.3 is 9.72 Å². The normalized spacial score (nSPS) is 11.0. The number of H-pyrrole nitrogens is 1. The standard InChI is InChI=1S/C11H16N2O3/c1-7-8(14)5-6-12-9(7)13-10(15)16-11(2,3)4/h5-6H,1-4H3,(H2,12,13,14,15). The molecular formula is C11H16N2O3. The molecule has 1 rings (SSSR count). The summed E-state index contributed by atoms with van der Waals surface area (Å²) in [6, 6.07) is 1.40. The van der Waals surface area contributed by atoms with E-state index in [4.69, 9.17) is 4.74 Å². The van der Waals surface area contributed by atoms with Crippen LogP contribution in [0, 0.1) is 6.92 Å². The van der Waals surface area contributed by atoms with Crippen molar-refractivity contribution in [1.29, 1.82) is 0 Å². The van der Waals surface area contributed by atoms with Crippen LogP contribution in [-0.4, -0.2) is 16.7 Å². The molecule has 5 heteroatoms. The summed E-state index contributed by atoms with van der Waals surface area (Å²) in [5.74, 6) is 0.363. The summed E-state index contributed by atoms with van der Waals surface area (Å²) >= 11 is 0. The number of anilines is 1. The predicted molar refractivity (Wildman–Crippen MR) is 61.7 cm³/mol. The molecule has 0 fully saturated rings. The molecule has 1 heterocycles. The predicted octanol–water partition coefficient (Wildman–Crippen LogP) is 2.03. The number of rotatable bonds is 1. The van der Waals surface area contributed by atoms with Gasteiger partial charge in [0.05, 0.1) is 0 Å². The van der Waals surface area contributed by atoms with E-state index in [0.29, 0.717) is 11.4 Å². The Bertz CT molecular complexity index is 443. The summed E-state index contributed by atoms with van der Waals surface area (Å²) in [6.07, 6.45) is 0.889. The van der Waals surface area contributed by atoms with Crippen LogP contribution < -0.4 is 10.7 Å². The summed E-state index contributed by atoms with van der Waals surface area (Å²) in [7, 11) is 0. The summed E-state index contributed by atoms with van der Waals surface area (Å²) in [5, 5.41) is 2.49. The first-order valence-electron chi connectivity index (χ1n) is 4.98. The Morgan fingerprint density at radius 2 is 2.06 bits per heavy atom. The van der Waals surface area contributed by atoms with Crippen molar-refractivity contribution in [2.75, 3.05) is 5.32 Å². The van der Waals surface area contributed by atoms with Crippen molar-refractivity contribution in [3.8, 4) is 0 Å². The highest BCUT2D eigenvalue weighted by molar-refractivity contribution is 5.84. The average Bonchev–Trinajstić information content (AvgIpc) is 2.09. The minimum absolute atomic E-state index is 0.134. The molecule has 0 aliphatic heterocycles. The number of nitrogens with one attached hydrogen (secondary N) is 2. The smallest absolute Gasteiger partial charge is 0.413 e. The molecule has 16 heavy (non-hydrogen) atoms. The monoisotopic (exact) mass is 224 g/mol. The Morgan fingerprint density at radius 1 is 1.44 bits per heavy atom. The molecule has 0 aliphatic rings. The van der Waals surface area contributed by atoms with Gasteiger partial charge in [0.15, 0.2) is 5.43 Å². The van der Waals surface area contributed by atoms with Gasteiger partial charge in [-0.3, -0.25) is 10.1 Å². The lowest BCUT2D eigenvalue weighted by atomic mass is 10.2. The lowest BCUT2D eigenvalue weighted by molar-refractivity contribution is 0.0635. The second-order valence-electron chi connectivity index (χ2n) is 4.47. The van der Waals surface area contributed by atoms with Crippen LogP contribution >= 0.6 is 0 Å². The van der Waals surface area contributed by atoms with Gasteiger partial charge in [0.1, 0.15) is 11.4 Å². The fraction of sp³-hybridized carbons (Fsp3) is 0.455. The number of amides is 1. The fourth-order valence-electron chi connectivity index (χ4n) is 1.09. The summed E-state index contributed by atoms with van der Waals surface area (Å²) in [4.78, 5) is 25.5. The van der Waals surface area contributed by atoms with Crippen molar-refractivity contribution < 1.29 is 9.53 Å². The van der Waals surface area contributed by atoms with Crippen molar-refractivity contribution in [2.45, 2.75) is 33.3 Å². The first kappa shape index (κ1) is 12.3. The number of aromatic nitrogens is 1. The Labute approximate surface area is 93.8 Å². The van der Waals surface area contributed by atoms with Gasteiger partial charge in [-0.2, -0.15) is 0 Å². The van der Waals surface area contributed by atoms with E-state index in [1.807, 2.05) is 0 Å². The van der Waals surface area contributed by atoms with E-state index in [2.05, 4.69) is 10.3 Å². The quantitative estimate of drug-likeness (QED) is 0.766. The highest BCUT2D eigenvalue weighted by Crippen LogP contribution is 2.10. The fourth-order valence-corrected chi connectivity index (χ4v) is 1.09. The van der Waals surface area contributed by atoms with Crippen molar-refractivity contribution >= 4 is 11.9 Å². The number of carbonyl (C=O) groups excluding carboxylic acids is 1. The van der Waals surface area contributed by atoms with E-state index in [0.717, 1.165) is 0 Å². The maximum Gasteiger partial charge on any atom is 0.413 e. The molecule has 88 valence electrons. The first-order chi connectivity index (χ1) is 7.29. The molecule has 0 bridgehead atoms. The molecule has 1 aromatic heterocycles. The van der Waals surface area contributed by atoms with Crippen LogP contribution in [0.25, 0.3) is 0 Å². The highest BCUT2D eigenvalue weighted by Gasteiger charge is 2.17. The first-order valence-corrected chi connectivity index (χ1v) is 4.98. The van der Waals surface area contributed by atoms with E-state index in [9.17, 15) is 9.59 Å². The van der Waals surface area contributed by atoms with Crippen molar-refractivity contribution in [1.82, 2.24) is 4.98 Å². The summed E-state index contributed by atoms with van der Waals surface area (Å²) in [5.41, 5.74) is -0.245. The number of pyridine rings is 1. The van der Waals surface area contributed by atoms with Gasteiger partial charge >= 0.3 is 6.09 Å². The van der Waals surface area contributed by atoms with Gasteiger partial charge in [0.25, 0.3) is 0 Å². The third-order valence-electron chi connectivity index (χ3n) is 1.83. The van der Waals surface area contributed by atoms with Crippen LogP contribution in [0.2, 0.25) is 0 Å². The third-order valence-corrected chi connectivity index (χ3v) is 1.83. The zero-order valence-corrected chi connectivity index (χ0v) is 9.88. The molecular weight excluding hydrogens is 208 g/mol. The second kappa shape index (κ2) is 4.38. The van der Waals surface area contributed by atoms with Crippen LogP contribution in [-0.2, 0) is 4.74 Å². The van der Waals surface area contributed by atoms with Gasteiger partial charge in [-0.1, -0.05) is 0 Å². The SMILES string of the molecule is Cc1c(NC(=O)OC(C)(C)C)[nH]ccc1=O. The van der Waals surface area contributed by atoms with Crippen LogP contribution in [0.4, 0.5) is 10.6 Å². The molecule has 0 aliphatic carbocycles.